The van der Waals surface area contributed by atoms with Gasteiger partial charge in [-0.05, 0) is 25.0 Å². The second-order valence-electron chi connectivity index (χ2n) is 5.12. The van der Waals surface area contributed by atoms with E-state index in [-0.39, 0.29) is 11.7 Å². The molecule has 7 nitrogen and oxygen atoms in total. The highest BCUT2D eigenvalue weighted by molar-refractivity contribution is 5.91. The number of unbranched alkanes of at least 4 members (excludes halogenated alkanes) is 1. The summed E-state index contributed by atoms with van der Waals surface area (Å²) in [5, 5.41) is 14.4. The number of benzene rings is 1. The zero-order chi connectivity index (χ0) is 17.4. The zero-order valence-corrected chi connectivity index (χ0v) is 13.0. The van der Waals surface area contributed by atoms with E-state index in [9.17, 15) is 14.4 Å². The average molecular weight is 330 g/mol. The van der Waals surface area contributed by atoms with E-state index in [1.54, 1.807) is 0 Å². The predicted octanol–water partition coefficient (Wildman–Crippen LogP) is 1.88. The topological polar surface area (TPSA) is 109 Å². The van der Waals surface area contributed by atoms with Crippen LogP contribution in [0, 0.1) is 0 Å². The minimum atomic E-state index is -0.677. The maximum Gasteiger partial charge on any atom is 0.287 e. The molecule has 2 rings (SSSR count). The largest absolute Gasteiger partial charge is 0.502 e. The highest BCUT2D eigenvalue weighted by atomic mass is 16.4. The Hall–Kier alpha value is -3.09. The van der Waals surface area contributed by atoms with E-state index in [4.69, 9.17) is 9.52 Å². The molecule has 0 bridgehead atoms. The van der Waals surface area contributed by atoms with Gasteiger partial charge >= 0.3 is 0 Å². The number of carbonyl (C=O) groups excluding carboxylic acids is 2. The molecule has 0 fully saturated rings. The van der Waals surface area contributed by atoms with Gasteiger partial charge in [-0.15, -0.1) is 0 Å². The standard InChI is InChI=1S/C17H18N2O5/c20-13-10-15(24-11-14(13)21)17(23)18-9-5-4-8-16(22)19-12-6-2-1-3-7-12/h1-3,6-7,10-11,21H,4-5,8-9H2,(H,18,23)(H,19,22). The molecule has 2 amide bonds. The Balaban J connectivity index is 1.65. The lowest BCUT2D eigenvalue weighted by atomic mass is 10.2. The fourth-order valence-electron chi connectivity index (χ4n) is 1.97. The molecule has 0 aliphatic heterocycles. The molecule has 1 aromatic heterocycles. The van der Waals surface area contributed by atoms with E-state index >= 15 is 0 Å². The second kappa shape index (κ2) is 8.52. The molecule has 0 radical (unpaired) electrons. The Kier molecular flexibility index (Phi) is 6.13. The van der Waals surface area contributed by atoms with Crippen LogP contribution in [0.4, 0.5) is 5.69 Å². The third-order valence-electron chi connectivity index (χ3n) is 3.21. The van der Waals surface area contributed by atoms with Gasteiger partial charge in [0.2, 0.25) is 11.3 Å². The molecule has 0 aliphatic rings. The number of amides is 2. The minimum absolute atomic E-state index is 0.0861. The van der Waals surface area contributed by atoms with Crippen molar-refractivity contribution >= 4 is 17.5 Å². The molecule has 0 unspecified atom stereocenters. The Labute approximate surface area is 138 Å². The lowest BCUT2D eigenvalue weighted by Gasteiger charge is -2.06. The smallest absolute Gasteiger partial charge is 0.287 e. The van der Waals surface area contributed by atoms with Gasteiger partial charge in [0.25, 0.3) is 5.91 Å². The number of aromatic hydroxyl groups is 1. The average Bonchev–Trinajstić information content (AvgIpc) is 2.57. The predicted molar refractivity (Wildman–Crippen MR) is 87.9 cm³/mol. The van der Waals surface area contributed by atoms with Crippen LogP contribution in [0.1, 0.15) is 29.8 Å². The van der Waals surface area contributed by atoms with E-state index in [2.05, 4.69) is 10.6 Å². The summed E-state index contributed by atoms with van der Waals surface area (Å²) < 4.78 is 4.84. The number of anilines is 1. The maximum atomic E-state index is 11.7. The second-order valence-corrected chi connectivity index (χ2v) is 5.12. The molecule has 0 spiro atoms. The lowest BCUT2D eigenvalue weighted by molar-refractivity contribution is -0.116. The molecule has 24 heavy (non-hydrogen) atoms. The van der Waals surface area contributed by atoms with Crippen molar-refractivity contribution in [2.75, 3.05) is 11.9 Å². The number of carbonyl (C=O) groups is 2. The fourth-order valence-corrected chi connectivity index (χ4v) is 1.97. The first-order valence-electron chi connectivity index (χ1n) is 7.51. The number of nitrogens with one attached hydrogen (secondary N) is 2. The van der Waals surface area contributed by atoms with Crippen molar-refractivity contribution in [3.05, 3.63) is 58.6 Å². The molecule has 126 valence electrons. The molecule has 2 aromatic rings. The summed E-state index contributed by atoms with van der Waals surface area (Å²) in [7, 11) is 0. The Bertz CT molecular complexity index is 755. The van der Waals surface area contributed by atoms with Crippen molar-refractivity contribution in [3.63, 3.8) is 0 Å². The molecule has 0 saturated carbocycles. The Morgan fingerprint density at radius 2 is 1.88 bits per heavy atom. The number of rotatable bonds is 7. The van der Waals surface area contributed by atoms with E-state index in [0.717, 1.165) is 18.0 Å². The van der Waals surface area contributed by atoms with Gasteiger partial charge < -0.3 is 20.2 Å². The van der Waals surface area contributed by atoms with E-state index in [0.29, 0.717) is 25.8 Å². The summed E-state index contributed by atoms with van der Waals surface area (Å²) in [5.41, 5.74) is 0.0714. The van der Waals surface area contributed by atoms with Crippen LogP contribution in [-0.2, 0) is 4.79 Å². The third-order valence-corrected chi connectivity index (χ3v) is 3.21. The quantitative estimate of drug-likeness (QED) is 0.672. The summed E-state index contributed by atoms with van der Waals surface area (Å²) in [6, 6.07) is 10.1. The van der Waals surface area contributed by atoms with Crippen molar-refractivity contribution in [3.8, 4) is 5.75 Å². The van der Waals surface area contributed by atoms with Crippen LogP contribution in [0.3, 0.4) is 0 Å². The van der Waals surface area contributed by atoms with Crippen LogP contribution >= 0.6 is 0 Å². The first kappa shape index (κ1) is 17.3. The molecule has 0 atom stereocenters. The fraction of sp³-hybridized carbons (Fsp3) is 0.235. The van der Waals surface area contributed by atoms with Crippen LogP contribution in [0.2, 0.25) is 0 Å². The molecule has 7 heteroatoms. The van der Waals surface area contributed by atoms with Gasteiger partial charge in [0.15, 0.2) is 11.5 Å². The van der Waals surface area contributed by atoms with Gasteiger partial charge in [-0.2, -0.15) is 0 Å². The molecule has 1 aromatic carbocycles. The van der Waals surface area contributed by atoms with Crippen molar-refractivity contribution in [1.29, 1.82) is 0 Å². The summed E-state index contributed by atoms with van der Waals surface area (Å²) in [5.74, 6) is -1.34. The highest BCUT2D eigenvalue weighted by Crippen LogP contribution is 2.07. The van der Waals surface area contributed by atoms with Crippen LogP contribution in [0.5, 0.6) is 5.75 Å². The van der Waals surface area contributed by atoms with E-state index in [1.165, 1.54) is 0 Å². The molecule has 1 heterocycles. The van der Waals surface area contributed by atoms with Gasteiger partial charge in [-0.1, -0.05) is 18.2 Å². The zero-order valence-electron chi connectivity index (χ0n) is 13.0. The van der Waals surface area contributed by atoms with Crippen LogP contribution in [0.15, 0.2) is 51.9 Å². The Morgan fingerprint density at radius 1 is 1.12 bits per heavy atom. The van der Waals surface area contributed by atoms with Gasteiger partial charge in [0.05, 0.1) is 0 Å². The highest BCUT2D eigenvalue weighted by Gasteiger charge is 2.10. The summed E-state index contributed by atoms with van der Waals surface area (Å²) in [4.78, 5) is 34.7. The summed E-state index contributed by atoms with van der Waals surface area (Å²) in [6.07, 6.45) is 2.39. The number of para-hydroxylation sites is 1. The first-order chi connectivity index (χ1) is 11.6. The first-order valence-corrected chi connectivity index (χ1v) is 7.51. The molecular formula is C17H18N2O5. The SMILES string of the molecule is O=C(CCCCNC(=O)c1cc(=O)c(O)co1)Nc1ccccc1. The van der Waals surface area contributed by atoms with Crippen molar-refractivity contribution in [1.82, 2.24) is 5.32 Å². The summed E-state index contributed by atoms with van der Waals surface area (Å²) in [6.45, 7) is 0.349. The normalized spacial score (nSPS) is 10.2. The van der Waals surface area contributed by atoms with Gasteiger partial charge in [-0.25, -0.2) is 0 Å². The Morgan fingerprint density at radius 3 is 2.58 bits per heavy atom. The van der Waals surface area contributed by atoms with Crippen LogP contribution < -0.4 is 16.1 Å². The van der Waals surface area contributed by atoms with Gasteiger partial charge in [-0.3, -0.25) is 14.4 Å². The van der Waals surface area contributed by atoms with Crippen molar-refractivity contribution in [2.24, 2.45) is 0 Å². The lowest BCUT2D eigenvalue weighted by Crippen LogP contribution is -2.25. The molecular weight excluding hydrogens is 312 g/mol. The van der Waals surface area contributed by atoms with Crippen LogP contribution in [0.25, 0.3) is 0 Å². The van der Waals surface area contributed by atoms with Crippen LogP contribution in [-0.4, -0.2) is 23.5 Å². The van der Waals surface area contributed by atoms with Crippen molar-refractivity contribution in [2.45, 2.75) is 19.3 Å². The van der Waals surface area contributed by atoms with Gasteiger partial charge in [0, 0.05) is 24.7 Å². The van der Waals surface area contributed by atoms with Crippen molar-refractivity contribution < 1.29 is 19.1 Å². The molecule has 3 N–H and O–H groups in total. The minimum Gasteiger partial charge on any atom is -0.502 e. The van der Waals surface area contributed by atoms with E-state index in [1.807, 2.05) is 30.3 Å². The summed E-state index contributed by atoms with van der Waals surface area (Å²) >= 11 is 0. The van der Waals surface area contributed by atoms with Gasteiger partial charge in [0.1, 0.15) is 6.26 Å². The number of hydrogen-bond acceptors (Lipinski definition) is 5. The molecule has 0 saturated heterocycles. The molecule has 0 aliphatic carbocycles. The number of hydrogen-bond donors (Lipinski definition) is 3. The monoisotopic (exact) mass is 330 g/mol. The maximum absolute atomic E-state index is 11.7. The third kappa shape index (κ3) is 5.28. The van der Waals surface area contributed by atoms with E-state index < -0.39 is 17.1 Å².